The molecule has 0 aliphatic carbocycles. The predicted molar refractivity (Wildman–Crippen MR) is 131 cm³/mol. The van der Waals surface area contributed by atoms with Crippen molar-refractivity contribution in [2.45, 2.75) is 48.8 Å². The monoisotopic (exact) mass is 679 g/mol. The third kappa shape index (κ3) is 11.1. The number of aliphatic hydroxyl groups excluding tert-OH is 2. The minimum absolute atomic E-state index is 0.387. The van der Waals surface area contributed by atoms with Crippen LogP contribution in [0.2, 0.25) is 0 Å². The summed E-state index contributed by atoms with van der Waals surface area (Å²) in [6.07, 6.45) is -11.9. The van der Waals surface area contributed by atoms with Crippen molar-refractivity contribution < 1.29 is 91.1 Å². The van der Waals surface area contributed by atoms with Crippen molar-refractivity contribution in [3.05, 3.63) is 0 Å². The van der Waals surface area contributed by atoms with E-state index in [0.29, 0.717) is 0 Å². The Bertz CT molecular complexity index is 1210. The van der Waals surface area contributed by atoms with Crippen molar-refractivity contribution in [3.63, 3.8) is 0 Å². The smallest absolute Gasteiger partial charge is 0.397 e. The molecule has 0 aromatic rings. The normalized spacial score (nSPS) is 34.7. The third-order valence-electron chi connectivity index (χ3n) is 6.31. The molecule has 0 amide bonds. The molecule has 2 aliphatic rings. The summed E-state index contributed by atoms with van der Waals surface area (Å²) >= 11 is 0. The first-order valence-corrected chi connectivity index (χ1v) is 15.9. The summed E-state index contributed by atoms with van der Waals surface area (Å²) < 4.78 is 132. The highest BCUT2D eigenvalue weighted by atomic mass is 32.3. The molecule has 0 aromatic heterocycles. The van der Waals surface area contributed by atoms with Crippen LogP contribution in [0, 0.1) is 11.8 Å². The Morgan fingerprint density at radius 2 is 1.38 bits per heavy atom. The molecule has 2 aliphatic heterocycles. The van der Waals surface area contributed by atoms with E-state index in [0.717, 1.165) is 0 Å². The van der Waals surface area contributed by atoms with Crippen LogP contribution < -0.4 is 4.72 Å². The Balaban J connectivity index is 2.32. The molecule has 2 fully saturated rings. The fourth-order valence-corrected chi connectivity index (χ4v) is 6.07. The maximum Gasteiger partial charge on any atom is 0.397 e. The van der Waals surface area contributed by atoms with Gasteiger partial charge in [0.05, 0.1) is 57.4 Å². The Kier molecular flexibility index (Phi) is 13.4. The lowest BCUT2D eigenvalue weighted by molar-refractivity contribution is -0.226. The number of aliphatic hydroxyl groups is 2. The van der Waals surface area contributed by atoms with Gasteiger partial charge in [-0.3, -0.25) is 13.7 Å². The summed E-state index contributed by atoms with van der Waals surface area (Å²) in [6.45, 7) is -3.23. The Labute approximate surface area is 240 Å². The molecule has 0 spiro atoms. The van der Waals surface area contributed by atoms with Gasteiger partial charge in [-0.15, -0.1) is 0 Å². The van der Waals surface area contributed by atoms with Crippen molar-refractivity contribution in [1.82, 2.24) is 4.72 Å². The molecular weight excluding hydrogens is 646 g/mol. The van der Waals surface area contributed by atoms with Crippen molar-refractivity contribution >= 4 is 37.1 Å². The van der Waals surface area contributed by atoms with Crippen molar-refractivity contribution in [3.8, 4) is 0 Å². The molecule has 21 nitrogen and oxygen atoms in total. The number of carboxylic acid groups (broad SMARTS) is 1. The highest BCUT2D eigenvalue weighted by molar-refractivity contribution is 7.83. The van der Waals surface area contributed by atoms with E-state index in [1.807, 2.05) is 0 Å². The van der Waals surface area contributed by atoms with Crippen molar-refractivity contribution in [2.24, 2.45) is 11.8 Å². The van der Waals surface area contributed by atoms with Gasteiger partial charge in [-0.25, -0.2) is 13.2 Å². The van der Waals surface area contributed by atoms with Crippen LogP contribution >= 0.6 is 0 Å². The second-order valence-electron chi connectivity index (χ2n) is 9.22. The fraction of sp³-hybridized carbons (Fsp3) is 0.944. The van der Waals surface area contributed by atoms with E-state index in [4.69, 9.17) is 28.2 Å². The van der Waals surface area contributed by atoms with E-state index in [1.165, 1.54) is 14.2 Å². The Morgan fingerprint density at radius 3 is 1.88 bits per heavy atom. The van der Waals surface area contributed by atoms with E-state index in [2.05, 4.69) is 8.37 Å². The summed E-state index contributed by atoms with van der Waals surface area (Å²) in [7, 11) is -12.8. The standard InChI is InChI=1S/C18H33NO20S3/c1-33-3-9-15(21)17(39-42(30,31)32)12(38-16(9)18(22)23)6-35-4-8-10(7-36-41(27,28)29)37-11(5-34-2)13(14(8)20)19-40(24,25)26/h8-17,19-21H,3-7H2,1-2H3,(H,22,23)(H,24,25,26)(H,27,28,29)(H,30,31,32)/t8-,9+,10?,11-,12+,13?,14-,15-,16?,17?/m1/s1. The molecule has 10 atom stereocenters. The average Bonchev–Trinajstić information content (AvgIpc) is 2.83. The van der Waals surface area contributed by atoms with Crippen LogP contribution in [-0.4, -0.2) is 156 Å². The van der Waals surface area contributed by atoms with Crippen molar-refractivity contribution in [1.29, 1.82) is 0 Å². The van der Waals surface area contributed by atoms with E-state index in [9.17, 15) is 54.5 Å². The van der Waals surface area contributed by atoms with Crippen LogP contribution in [0.3, 0.4) is 0 Å². The fourth-order valence-electron chi connectivity index (χ4n) is 4.61. The number of nitrogens with one attached hydrogen (secondary N) is 1. The van der Waals surface area contributed by atoms with Gasteiger partial charge in [-0.05, 0) is 0 Å². The molecule has 4 unspecified atom stereocenters. The zero-order valence-corrected chi connectivity index (χ0v) is 24.4. The Morgan fingerprint density at radius 1 is 0.762 bits per heavy atom. The summed E-state index contributed by atoms with van der Waals surface area (Å²) in [5, 5.41) is 31.2. The number of hydrogen-bond acceptors (Lipinski definition) is 16. The number of methoxy groups -OCH3 is 2. The van der Waals surface area contributed by atoms with E-state index in [1.54, 1.807) is 4.72 Å². The first kappa shape index (κ1) is 37.0. The molecule has 2 rings (SSSR count). The molecule has 0 radical (unpaired) electrons. The molecule has 24 heteroatoms. The minimum atomic E-state index is -5.23. The minimum Gasteiger partial charge on any atom is -0.479 e. The van der Waals surface area contributed by atoms with Gasteiger partial charge in [0.25, 0.3) is 0 Å². The van der Waals surface area contributed by atoms with Crippen LogP contribution in [0.25, 0.3) is 0 Å². The number of aliphatic carboxylic acids is 1. The molecule has 0 saturated carbocycles. The number of rotatable bonds is 16. The SMILES string of the molecule is COC[C@@H]1C(C(=O)O)O[C@@H](COC[C@@H]2C(COS(=O)(=O)O)O[C@H](COC)C(NS(=O)(=O)O)[C@@H]2O)C(OS(=O)(=O)O)[C@@H]1O. The predicted octanol–water partition coefficient (Wildman–Crippen LogP) is -4.36. The summed E-state index contributed by atoms with van der Waals surface area (Å²) in [5.74, 6) is -4.35. The van der Waals surface area contributed by atoms with Gasteiger partial charge in [-0.2, -0.15) is 30.0 Å². The lowest BCUT2D eigenvalue weighted by atomic mass is 9.86. The van der Waals surface area contributed by atoms with E-state index in [-0.39, 0.29) is 6.61 Å². The zero-order chi connectivity index (χ0) is 32.0. The lowest BCUT2D eigenvalue weighted by Crippen LogP contribution is -2.64. The molecule has 7 N–H and O–H groups in total. The van der Waals surface area contributed by atoms with Gasteiger partial charge < -0.3 is 39.0 Å². The van der Waals surface area contributed by atoms with Gasteiger partial charge in [0.2, 0.25) is 0 Å². The molecule has 248 valence electrons. The molecule has 42 heavy (non-hydrogen) atoms. The van der Waals surface area contributed by atoms with Crippen LogP contribution in [-0.2, 0) is 67.9 Å². The van der Waals surface area contributed by atoms with Crippen LogP contribution in [0.5, 0.6) is 0 Å². The van der Waals surface area contributed by atoms with Crippen molar-refractivity contribution in [2.75, 3.05) is 47.3 Å². The number of carbonyl (C=O) groups is 1. The quantitative estimate of drug-likeness (QED) is 0.0758. The average molecular weight is 680 g/mol. The molecular formula is C18H33NO20S3. The summed E-state index contributed by atoms with van der Waals surface area (Å²) in [4.78, 5) is 11.8. The lowest BCUT2D eigenvalue weighted by Gasteiger charge is -2.45. The van der Waals surface area contributed by atoms with Gasteiger partial charge in [-0.1, -0.05) is 0 Å². The van der Waals surface area contributed by atoms with E-state index >= 15 is 0 Å². The highest BCUT2D eigenvalue weighted by Crippen LogP contribution is 2.32. The second-order valence-corrected chi connectivity index (χ2v) is 12.5. The first-order chi connectivity index (χ1) is 19.3. The highest BCUT2D eigenvalue weighted by Gasteiger charge is 2.51. The molecule has 0 bridgehead atoms. The summed E-state index contributed by atoms with van der Waals surface area (Å²) in [6, 6.07) is -1.61. The maximum absolute atomic E-state index is 11.8. The van der Waals surface area contributed by atoms with Crippen LogP contribution in [0.15, 0.2) is 0 Å². The molecule has 2 heterocycles. The molecule has 2 saturated heterocycles. The Hall–Kier alpha value is -1.20. The van der Waals surface area contributed by atoms with Gasteiger partial charge in [0.15, 0.2) is 6.10 Å². The number of ether oxygens (including phenoxy) is 5. The third-order valence-corrected chi connectivity index (χ3v) is 7.78. The zero-order valence-electron chi connectivity index (χ0n) is 21.9. The van der Waals surface area contributed by atoms with Gasteiger partial charge in [0, 0.05) is 26.1 Å². The molecule has 0 aromatic carbocycles. The van der Waals surface area contributed by atoms with Crippen LogP contribution in [0.1, 0.15) is 0 Å². The van der Waals surface area contributed by atoms with Gasteiger partial charge >= 0.3 is 37.1 Å². The topological polar surface area (TPSA) is 318 Å². The number of carboxylic acids is 1. The number of hydrogen-bond donors (Lipinski definition) is 7. The van der Waals surface area contributed by atoms with E-state index < -0.39 is 124 Å². The first-order valence-electron chi connectivity index (χ1n) is 11.8. The largest absolute Gasteiger partial charge is 0.479 e. The van der Waals surface area contributed by atoms with Crippen LogP contribution in [0.4, 0.5) is 0 Å². The maximum atomic E-state index is 11.8. The van der Waals surface area contributed by atoms with Gasteiger partial charge in [0.1, 0.15) is 18.3 Å². The summed E-state index contributed by atoms with van der Waals surface area (Å²) in [5.41, 5.74) is 0. The second kappa shape index (κ2) is 15.2.